The van der Waals surface area contributed by atoms with Crippen molar-refractivity contribution in [2.45, 2.75) is 19.3 Å². The van der Waals surface area contributed by atoms with Crippen molar-refractivity contribution in [3.05, 3.63) is 169 Å². The van der Waals surface area contributed by atoms with Gasteiger partial charge in [0.25, 0.3) is 0 Å². The molecule has 0 aliphatic heterocycles. The monoisotopic (exact) mass is 656 g/mol. The Hall–Kier alpha value is -5.90. The lowest BCUT2D eigenvalue weighted by atomic mass is 9.82. The SMILES string of the molecule is CC1(C)c2ccccc2-c2cc3c(cc21)c1cc(-c2ccc4c(c2)c2sc5ccccc5c2n4-c2ccccc2)ccc1n3-c1ccccc1. The first-order valence-electron chi connectivity index (χ1n) is 17.4. The number of fused-ring (bicyclic) bond motifs is 11. The molecule has 1 aliphatic rings. The van der Waals surface area contributed by atoms with E-state index in [1.807, 2.05) is 11.3 Å². The normalized spacial score (nSPS) is 13.6. The molecule has 0 fully saturated rings. The van der Waals surface area contributed by atoms with E-state index in [-0.39, 0.29) is 5.41 Å². The van der Waals surface area contributed by atoms with Crippen molar-refractivity contribution in [2.75, 3.05) is 0 Å². The van der Waals surface area contributed by atoms with Crippen molar-refractivity contribution in [1.29, 1.82) is 0 Å². The Kier molecular flexibility index (Phi) is 5.64. The van der Waals surface area contributed by atoms with Crippen LogP contribution in [-0.4, -0.2) is 9.13 Å². The lowest BCUT2D eigenvalue weighted by Crippen LogP contribution is -2.14. The molecule has 1 aliphatic carbocycles. The predicted octanol–water partition coefficient (Wildman–Crippen LogP) is 13.1. The molecule has 3 heterocycles. The fourth-order valence-corrected chi connectivity index (χ4v) is 9.96. The zero-order chi connectivity index (χ0) is 33.1. The van der Waals surface area contributed by atoms with Crippen LogP contribution in [0.5, 0.6) is 0 Å². The fraction of sp³-hybridized carbons (Fsp3) is 0.0638. The summed E-state index contributed by atoms with van der Waals surface area (Å²) in [5.41, 5.74) is 15.3. The lowest BCUT2D eigenvalue weighted by Gasteiger charge is -2.21. The van der Waals surface area contributed by atoms with Crippen molar-refractivity contribution >= 4 is 64.3 Å². The van der Waals surface area contributed by atoms with E-state index in [0.717, 1.165) is 0 Å². The van der Waals surface area contributed by atoms with Crippen LogP contribution < -0.4 is 0 Å². The lowest BCUT2D eigenvalue weighted by molar-refractivity contribution is 0.661. The van der Waals surface area contributed by atoms with E-state index in [9.17, 15) is 0 Å². The average molecular weight is 657 g/mol. The van der Waals surface area contributed by atoms with Gasteiger partial charge in [-0.15, -0.1) is 11.3 Å². The molecule has 50 heavy (non-hydrogen) atoms. The van der Waals surface area contributed by atoms with Gasteiger partial charge in [0.15, 0.2) is 0 Å². The summed E-state index contributed by atoms with van der Waals surface area (Å²) in [5.74, 6) is 0. The van der Waals surface area contributed by atoms with Gasteiger partial charge in [-0.2, -0.15) is 0 Å². The van der Waals surface area contributed by atoms with Crippen molar-refractivity contribution in [1.82, 2.24) is 9.13 Å². The molecule has 2 nitrogen and oxygen atoms in total. The molecular weight excluding hydrogens is 625 g/mol. The van der Waals surface area contributed by atoms with E-state index in [0.29, 0.717) is 0 Å². The van der Waals surface area contributed by atoms with Crippen LogP contribution in [0.1, 0.15) is 25.0 Å². The van der Waals surface area contributed by atoms with Gasteiger partial charge >= 0.3 is 0 Å². The zero-order valence-electron chi connectivity index (χ0n) is 27.8. The molecule has 0 saturated carbocycles. The predicted molar refractivity (Wildman–Crippen MR) is 214 cm³/mol. The number of thiophene rings is 1. The van der Waals surface area contributed by atoms with Gasteiger partial charge in [0.1, 0.15) is 0 Å². The van der Waals surface area contributed by atoms with Crippen LogP contribution in [0.15, 0.2) is 158 Å². The molecule has 11 rings (SSSR count). The van der Waals surface area contributed by atoms with Gasteiger partial charge < -0.3 is 9.13 Å². The summed E-state index contributed by atoms with van der Waals surface area (Å²) in [6, 6.07) is 58.4. The second kappa shape index (κ2) is 10.1. The molecule has 10 aromatic rings. The topological polar surface area (TPSA) is 9.86 Å². The van der Waals surface area contributed by atoms with Crippen molar-refractivity contribution in [3.63, 3.8) is 0 Å². The van der Waals surface area contributed by atoms with Gasteiger partial charge in [0.2, 0.25) is 0 Å². The first-order chi connectivity index (χ1) is 24.6. The first-order valence-corrected chi connectivity index (χ1v) is 18.2. The standard InChI is InChI=1S/C47H32N2S/c1-47(2)39-19-11-9-17-33(39)35-28-43-37(27-40(35)47)36-25-29(21-23-41(36)48(43)31-13-5-3-6-14-31)30-22-24-42-38(26-30)46-45(34-18-10-12-20-44(34)50-46)49(42)32-15-7-4-8-16-32/h3-28H,1-2H3. The molecule has 0 radical (unpaired) electrons. The van der Waals surface area contributed by atoms with Gasteiger partial charge in [-0.25, -0.2) is 0 Å². The first kappa shape index (κ1) is 28.0. The zero-order valence-corrected chi connectivity index (χ0v) is 28.6. The molecule has 0 saturated heterocycles. The Bertz CT molecular complexity index is 2990. The third-order valence-electron chi connectivity index (χ3n) is 11.1. The van der Waals surface area contributed by atoms with Crippen LogP contribution in [0, 0.1) is 0 Å². The smallest absolute Gasteiger partial charge is 0.0727 e. The summed E-state index contributed by atoms with van der Waals surface area (Å²) in [7, 11) is 0. The molecule has 0 bridgehead atoms. The molecule has 0 unspecified atom stereocenters. The maximum atomic E-state index is 2.49. The number of benzene rings is 7. The highest BCUT2D eigenvalue weighted by Crippen LogP contribution is 2.51. The molecule has 0 spiro atoms. The molecule has 3 heteroatoms. The van der Waals surface area contributed by atoms with Crippen molar-refractivity contribution in [2.24, 2.45) is 0 Å². The molecule has 236 valence electrons. The Morgan fingerprint density at radius 2 is 1.04 bits per heavy atom. The second-order valence-electron chi connectivity index (χ2n) is 14.2. The third-order valence-corrected chi connectivity index (χ3v) is 12.3. The van der Waals surface area contributed by atoms with E-state index < -0.39 is 0 Å². The van der Waals surface area contributed by atoms with E-state index >= 15 is 0 Å². The number of rotatable bonds is 3. The largest absolute Gasteiger partial charge is 0.309 e. The van der Waals surface area contributed by atoms with Crippen LogP contribution in [0.25, 0.3) is 86.6 Å². The summed E-state index contributed by atoms with van der Waals surface area (Å²) >= 11 is 1.90. The van der Waals surface area contributed by atoms with E-state index in [2.05, 4.69) is 181 Å². The maximum Gasteiger partial charge on any atom is 0.0727 e. The Morgan fingerprint density at radius 3 is 1.80 bits per heavy atom. The Morgan fingerprint density at radius 1 is 0.440 bits per heavy atom. The van der Waals surface area contributed by atoms with Crippen LogP contribution >= 0.6 is 11.3 Å². The van der Waals surface area contributed by atoms with E-state index in [1.54, 1.807) is 0 Å². The Labute approximate surface area is 294 Å². The highest BCUT2D eigenvalue weighted by atomic mass is 32.1. The van der Waals surface area contributed by atoms with Crippen LogP contribution in [-0.2, 0) is 5.41 Å². The summed E-state index contributed by atoms with van der Waals surface area (Å²) < 4.78 is 7.56. The number of hydrogen-bond acceptors (Lipinski definition) is 1. The van der Waals surface area contributed by atoms with Gasteiger partial charge in [-0.05, 0) is 100 Å². The van der Waals surface area contributed by atoms with E-state index in [4.69, 9.17) is 0 Å². The van der Waals surface area contributed by atoms with E-state index in [1.165, 1.54) is 97.8 Å². The average Bonchev–Trinajstić information content (AvgIpc) is 3.86. The van der Waals surface area contributed by atoms with Gasteiger partial charge in [-0.1, -0.05) is 105 Å². The highest BCUT2D eigenvalue weighted by Gasteiger charge is 2.36. The molecule has 3 aromatic heterocycles. The molecule has 0 amide bonds. The fourth-order valence-electron chi connectivity index (χ4n) is 8.74. The van der Waals surface area contributed by atoms with Gasteiger partial charge in [0, 0.05) is 43.0 Å². The minimum Gasteiger partial charge on any atom is -0.309 e. The molecule has 0 atom stereocenters. The number of nitrogens with zero attached hydrogens (tertiary/aromatic N) is 2. The van der Waals surface area contributed by atoms with Gasteiger partial charge in [-0.3, -0.25) is 0 Å². The minimum atomic E-state index is -0.0640. The summed E-state index contributed by atoms with van der Waals surface area (Å²) in [6.45, 7) is 4.74. The van der Waals surface area contributed by atoms with Crippen LogP contribution in [0.2, 0.25) is 0 Å². The quantitative estimate of drug-likeness (QED) is 0.179. The number of aromatic nitrogens is 2. The van der Waals surface area contributed by atoms with Crippen LogP contribution in [0.4, 0.5) is 0 Å². The minimum absolute atomic E-state index is 0.0640. The molecular formula is C47H32N2S. The number of para-hydroxylation sites is 2. The summed E-state index contributed by atoms with van der Waals surface area (Å²) in [5, 5.41) is 5.19. The third kappa shape index (κ3) is 3.73. The Balaban J connectivity index is 1.17. The highest BCUT2D eigenvalue weighted by molar-refractivity contribution is 7.26. The van der Waals surface area contributed by atoms with Crippen molar-refractivity contribution < 1.29 is 0 Å². The molecule has 0 N–H and O–H groups in total. The maximum absolute atomic E-state index is 2.49. The summed E-state index contributed by atoms with van der Waals surface area (Å²) in [6.07, 6.45) is 0. The summed E-state index contributed by atoms with van der Waals surface area (Å²) in [4.78, 5) is 0. The number of hydrogen-bond donors (Lipinski definition) is 0. The van der Waals surface area contributed by atoms with Crippen LogP contribution in [0.3, 0.4) is 0 Å². The molecule has 7 aromatic carbocycles. The van der Waals surface area contributed by atoms with Crippen molar-refractivity contribution in [3.8, 4) is 33.6 Å². The second-order valence-corrected chi connectivity index (χ2v) is 15.2. The van der Waals surface area contributed by atoms with Gasteiger partial charge in [0.05, 0.1) is 26.8 Å².